The molecule has 0 aliphatic carbocycles. The molecule has 1 N–H and O–H groups in total. The van der Waals surface area contributed by atoms with Gasteiger partial charge in [-0.2, -0.15) is 0 Å². The number of nitrogens with zero attached hydrogens (tertiary/aromatic N) is 1. The van der Waals surface area contributed by atoms with Gasteiger partial charge in [0.1, 0.15) is 11.8 Å². The number of fused-ring (bicyclic) bond motifs is 1. The van der Waals surface area contributed by atoms with Crippen molar-refractivity contribution in [3.8, 4) is 5.75 Å². The smallest absolute Gasteiger partial charge is 0.261 e. The maximum Gasteiger partial charge on any atom is 0.261 e. The van der Waals surface area contributed by atoms with Gasteiger partial charge in [0.2, 0.25) is 5.91 Å². The maximum atomic E-state index is 13.3. The zero-order valence-electron chi connectivity index (χ0n) is 16.0. The van der Waals surface area contributed by atoms with E-state index in [1.807, 2.05) is 78.9 Å². The minimum absolute atomic E-state index is 0.0910. The minimum atomic E-state index is -0.759. The Hall–Kier alpha value is -3.60. The average molecular weight is 386 g/mol. The first-order valence-electron chi connectivity index (χ1n) is 9.59. The molecule has 1 unspecified atom stereocenters. The van der Waals surface area contributed by atoms with Crippen LogP contribution < -0.4 is 10.1 Å². The van der Waals surface area contributed by atoms with Crippen molar-refractivity contribution in [1.82, 2.24) is 10.2 Å². The van der Waals surface area contributed by atoms with Gasteiger partial charge < -0.3 is 15.0 Å². The number of rotatable bonds is 5. The number of hydrogen-bond donors (Lipinski definition) is 1. The zero-order chi connectivity index (χ0) is 20.1. The van der Waals surface area contributed by atoms with Crippen LogP contribution in [0.1, 0.15) is 22.7 Å². The Labute approximate surface area is 169 Å². The van der Waals surface area contributed by atoms with Crippen molar-refractivity contribution >= 4 is 11.8 Å². The molecule has 0 saturated heterocycles. The molecule has 2 amide bonds. The molecule has 1 heterocycles. The lowest BCUT2D eigenvalue weighted by atomic mass is 10.0. The van der Waals surface area contributed by atoms with E-state index in [0.29, 0.717) is 24.4 Å². The molecular formula is C24H22N2O3. The Morgan fingerprint density at radius 3 is 2.24 bits per heavy atom. The fourth-order valence-corrected chi connectivity index (χ4v) is 3.50. The van der Waals surface area contributed by atoms with Gasteiger partial charge in [0.15, 0.2) is 6.61 Å². The van der Waals surface area contributed by atoms with E-state index >= 15 is 0 Å². The van der Waals surface area contributed by atoms with E-state index in [0.717, 1.165) is 11.1 Å². The summed E-state index contributed by atoms with van der Waals surface area (Å²) >= 11 is 0. The van der Waals surface area contributed by atoms with Crippen LogP contribution in [0.5, 0.6) is 5.75 Å². The van der Waals surface area contributed by atoms with Gasteiger partial charge in [-0.25, -0.2) is 0 Å². The van der Waals surface area contributed by atoms with E-state index in [9.17, 15) is 9.59 Å². The Balaban J connectivity index is 1.65. The molecule has 0 aromatic heterocycles. The standard InChI is InChI=1S/C24H22N2O3/c27-22-17-29-21-14-8-7-13-20(21)23(26(22)16-19-11-5-2-6-12-19)24(28)25-15-18-9-3-1-4-10-18/h1-14,23H,15-17H2,(H,25,28). The minimum Gasteiger partial charge on any atom is -0.483 e. The van der Waals surface area contributed by atoms with Crippen LogP contribution >= 0.6 is 0 Å². The Morgan fingerprint density at radius 1 is 0.897 bits per heavy atom. The SMILES string of the molecule is O=C(NCc1ccccc1)C1c2ccccc2OCC(=O)N1Cc1ccccc1. The van der Waals surface area contributed by atoms with Crippen molar-refractivity contribution in [3.63, 3.8) is 0 Å². The Kier molecular flexibility index (Phi) is 5.56. The maximum absolute atomic E-state index is 13.3. The second-order valence-electron chi connectivity index (χ2n) is 6.94. The van der Waals surface area contributed by atoms with Crippen LogP contribution in [-0.4, -0.2) is 23.3 Å². The fraction of sp³-hybridized carbons (Fsp3) is 0.167. The van der Waals surface area contributed by atoms with E-state index in [2.05, 4.69) is 5.32 Å². The van der Waals surface area contributed by atoms with Crippen LogP contribution in [0, 0.1) is 0 Å². The van der Waals surface area contributed by atoms with Crippen molar-refractivity contribution in [2.45, 2.75) is 19.1 Å². The summed E-state index contributed by atoms with van der Waals surface area (Å²) in [7, 11) is 0. The van der Waals surface area contributed by atoms with Gasteiger partial charge in [0, 0.05) is 18.7 Å². The number of carbonyl (C=O) groups excluding carboxylic acids is 2. The predicted molar refractivity (Wildman–Crippen MR) is 110 cm³/mol. The molecule has 1 aliphatic rings. The van der Waals surface area contributed by atoms with Gasteiger partial charge in [-0.05, 0) is 17.2 Å². The summed E-state index contributed by atoms with van der Waals surface area (Å²) in [6.45, 7) is 0.639. The van der Waals surface area contributed by atoms with Gasteiger partial charge in [-0.1, -0.05) is 78.9 Å². The topological polar surface area (TPSA) is 58.6 Å². The number of carbonyl (C=O) groups is 2. The lowest BCUT2D eigenvalue weighted by Gasteiger charge is -2.29. The third-order valence-corrected chi connectivity index (χ3v) is 4.95. The molecule has 146 valence electrons. The number of hydrogen-bond acceptors (Lipinski definition) is 3. The highest BCUT2D eigenvalue weighted by Crippen LogP contribution is 2.33. The molecule has 0 bridgehead atoms. The van der Waals surface area contributed by atoms with Gasteiger partial charge in [0.05, 0.1) is 0 Å². The second-order valence-corrected chi connectivity index (χ2v) is 6.94. The average Bonchev–Trinajstić information content (AvgIpc) is 2.90. The lowest BCUT2D eigenvalue weighted by Crippen LogP contribution is -2.43. The van der Waals surface area contributed by atoms with E-state index in [-0.39, 0.29) is 18.4 Å². The lowest BCUT2D eigenvalue weighted by molar-refractivity contribution is -0.142. The Morgan fingerprint density at radius 2 is 1.52 bits per heavy atom. The quantitative estimate of drug-likeness (QED) is 0.731. The third kappa shape index (κ3) is 4.29. The molecule has 1 aliphatic heterocycles. The van der Waals surface area contributed by atoms with Crippen molar-refractivity contribution in [3.05, 3.63) is 102 Å². The van der Waals surface area contributed by atoms with Crippen LogP contribution in [-0.2, 0) is 22.7 Å². The normalized spacial score (nSPS) is 15.8. The highest BCUT2D eigenvalue weighted by Gasteiger charge is 2.36. The van der Waals surface area contributed by atoms with Gasteiger partial charge in [-0.3, -0.25) is 9.59 Å². The third-order valence-electron chi connectivity index (χ3n) is 4.95. The Bertz CT molecular complexity index is 989. The number of benzene rings is 3. The van der Waals surface area contributed by atoms with E-state index in [1.165, 1.54) is 0 Å². The van der Waals surface area contributed by atoms with Crippen LogP contribution in [0.15, 0.2) is 84.9 Å². The monoisotopic (exact) mass is 386 g/mol. The summed E-state index contributed by atoms with van der Waals surface area (Å²) in [5.41, 5.74) is 2.65. The van der Waals surface area contributed by atoms with Crippen LogP contribution in [0.2, 0.25) is 0 Å². The summed E-state index contributed by atoms with van der Waals surface area (Å²) < 4.78 is 5.70. The number of nitrogens with one attached hydrogen (secondary N) is 1. The summed E-state index contributed by atoms with van der Waals surface area (Å²) in [6.07, 6.45) is 0. The largest absolute Gasteiger partial charge is 0.483 e. The summed E-state index contributed by atoms with van der Waals surface area (Å²) in [4.78, 5) is 27.8. The number of ether oxygens (including phenoxy) is 1. The van der Waals surface area contributed by atoms with Crippen molar-refractivity contribution in [2.75, 3.05) is 6.61 Å². The molecule has 0 spiro atoms. The molecular weight excluding hydrogens is 364 g/mol. The van der Waals surface area contributed by atoms with E-state index in [1.54, 1.807) is 11.0 Å². The predicted octanol–water partition coefficient (Wildman–Crippen LogP) is 3.47. The molecule has 0 fully saturated rings. The summed E-state index contributed by atoms with van der Waals surface area (Å²) in [5, 5.41) is 2.99. The summed E-state index contributed by atoms with van der Waals surface area (Å²) in [5.74, 6) is 0.122. The zero-order valence-corrected chi connectivity index (χ0v) is 16.0. The molecule has 0 saturated carbocycles. The molecule has 3 aromatic rings. The van der Waals surface area contributed by atoms with Gasteiger partial charge in [0.25, 0.3) is 5.91 Å². The van der Waals surface area contributed by atoms with Crippen molar-refractivity contribution in [2.24, 2.45) is 0 Å². The second kappa shape index (κ2) is 8.61. The molecule has 29 heavy (non-hydrogen) atoms. The van der Waals surface area contributed by atoms with Crippen molar-refractivity contribution in [1.29, 1.82) is 0 Å². The molecule has 5 nitrogen and oxygen atoms in total. The van der Waals surface area contributed by atoms with Crippen LogP contribution in [0.25, 0.3) is 0 Å². The molecule has 3 aromatic carbocycles. The van der Waals surface area contributed by atoms with Gasteiger partial charge in [-0.15, -0.1) is 0 Å². The molecule has 4 rings (SSSR count). The van der Waals surface area contributed by atoms with Crippen molar-refractivity contribution < 1.29 is 14.3 Å². The molecule has 5 heteroatoms. The van der Waals surface area contributed by atoms with Crippen LogP contribution in [0.3, 0.4) is 0 Å². The fourth-order valence-electron chi connectivity index (χ4n) is 3.50. The first-order chi connectivity index (χ1) is 14.2. The highest BCUT2D eigenvalue weighted by molar-refractivity contribution is 5.90. The first-order valence-corrected chi connectivity index (χ1v) is 9.59. The van der Waals surface area contributed by atoms with E-state index < -0.39 is 6.04 Å². The molecule has 0 radical (unpaired) electrons. The van der Waals surface area contributed by atoms with Crippen LogP contribution in [0.4, 0.5) is 0 Å². The van der Waals surface area contributed by atoms with Gasteiger partial charge >= 0.3 is 0 Å². The molecule has 1 atom stereocenters. The highest BCUT2D eigenvalue weighted by atomic mass is 16.5. The first kappa shape index (κ1) is 18.7. The summed E-state index contributed by atoms with van der Waals surface area (Å²) in [6, 6.07) is 26.0. The number of para-hydroxylation sites is 1. The van der Waals surface area contributed by atoms with E-state index in [4.69, 9.17) is 4.74 Å². The number of amides is 2.